The van der Waals surface area contributed by atoms with Gasteiger partial charge in [0, 0.05) is 18.6 Å². The maximum absolute atomic E-state index is 11.3. The molecular weight excluding hydrogens is 230 g/mol. The summed E-state index contributed by atoms with van der Waals surface area (Å²) in [6.07, 6.45) is 3.85. The monoisotopic (exact) mass is 244 g/mol. The van der Waals surface area contributed by atoms with Crippen LogP contribution in [0.1, 0.15) is 11.6 Å². The lowest BCUT2D eigenvalue weighted by Crippen LogP contribution is -2.44. The number of phenols is 1. The van der Waals surface area contributed by atoms with E-state index in [0.29, 0.717) is 6.42 Å². The van der Waals surface area contributed by atoms with Gasteiger partial charge in [0.15, 0.2) is 12.4 Å². The van der Waals surface area contributed by atoms with Gasteiger partial charge in [-0.15, -0.1) is 0 Å². The minimum Gasteiger partial charge on any atom is -0.508 e. The number of hydrogen-bond acceptors (Lipinski definition) is 2. The summed E-state index contributed by atoms with van der Waals surface area (Å²) in [4.78, 5) is 11.3. The zero-order chi connectivity index (χ0) is 13.0. The first-order chi connectivity index (χ1) is 8.66. The third-order valence-corrected chi connectivity index (χ3v) is 2.75. The molecule has 2 N–H and O–H groups in total. The highest BCUT2D eigenvalue weighted by molar-refractivity contribution is 5.70. The summed E-state index contributed by atoms with van der Waals surface area (Å²) in [7, 11) is 0. The van der Waals surface area contributed by atoms with Crippen LogP contribution in [0.4, 0.5) is 0 Å². The standard InChI is InChI=1S/C14H13NO3/c16-12-6-4-11(5-7-12)10-13(14(17)18)15-8-2-1-3-9-15/h1-9,13H,10H2,(H-,16,17,18)/p+1/t13-/m0/s1. The van der Waals surface area contributed by atoms with Crippen molar-refractivity contribution >= 4 is 5.97 Å². The molecule has 0 aliphatic heterocycles. The Labute approximate surface area is 105 Å². The molecule has 2 aromatic rings. The first-order valence-electron chi connectivity index (χ1n) is 5.63. The van der Waals surface area contributed by atoms with Crippen molar-refractivity contribution in [3.05, 3.63) is 60.4 Å². The van der Waals surface area contributed by atoms with E-state index in [0.717, 1.165) is 5.56 Å². The minimum absolute atomic E-state index is 0.179. The summed E-state index contributed by atoms with van der Waals surface area (Å²) < 4.78 is 1.66. The van der Waals surface area contributed by atoms with Crippen LogP contribution < -0.4 is 4.57 Å². The lowest BCUT2D eigenvalue weighted by Gasteiger charge is -2.08. The maximum atomic E-state index is 11.3. The highest BCUT2D eigenvalue weighted by Crippen LogP contribution is 2.14. The van der Waals surface area contributed by atoms with Crippen molar-refractivity contribution in [2.75, 3.05) is 0 Å². The normalized spacial score (nSPS) is 12.0. The number of benzene rings is 1. The number of rotatable bonds is 4. The number of aromatic hydroxyl groups is 1. The Bertz CT molecular complexity index is 522. The molecular formula is C14H14NO3+. The van der Waals surface area contributed by atoms with Crippen molar-refractivity contribution in [3.8, 4) is 5.75 Å². The van der Waals surface area contributed by atoms with Crippen LogP contribution in [0, 0.1) is 0 Å². The number of carboxylic acid groups (broad SMARTS) is 1. The van der Waals surface area contributed by atoms with Crippen LogP contribution in [0.15, 0.2) is 54.9 Å². The molecule has 18 heavy (non-hydrogen) atoms. The molecule has 0 saturated heterocycles. The fourth-order valence-electron chi connectivity index (χ4n) is 1.80. The minimum atomic E-state index is -0.876. The number of aromatic nitrogens is 1. The van der Waals surface area contributed by atoms with Gasteiger partial charge in [-0.1, -0.05) is 18.2 Å². The zero-order valence-electron chi connectivity index (χ0n) is 9.73. The van der Waals surface area contributed by atoms with Crippen molar-refractivity contribution in [1.29, 1.82) is 0 Å². The first kappa shape index (κ1) is 12.1. The Balaban J connectivity index is 2.22. The third-order valence-electron chi connectivity index (χ3n) is 2.75. The molecule has 0 saturated carbocycles. The second kappa shape index (κ2) is 5.31. The summed E-state index contributed by atoms with van der Waals surface area (Å²) in [6, 6.07) is 11.4. The number of aliphatic carboxylic acids is 1. The van der Waals surface area contributed by atoms with Crippen LogP contribution in [0.2, 0.25) is 0 Å². The van der Waals surface area contributed by atoms with Crippen LogP contribution in [-0.2, 0) is 11.2 Å². The highest BCUT2D eigenvalue weighted by Gasteiger charge is 2.26. The molecule has 1 aromatic carbocycles. The number of phenolic OH excluding ortho intramolecular Hbond substituents is 1. The SMILES string of the molecule is O=C(O)[C@H](Cc1ccc(O)cc1)[n+]1ccccc1. The van der Waals surface area contributed by atoms with Gasteiger partial charge >= 0.3 is 5.97 Å². The van der Waals surface area contributed by atoms with Crippen molar-refractivity contribution < 1.29 is 19.6 Å². The van der Waals surface area contributed by atoms with Crippen LogP contribution in [0.5, 0.6) is 5.75 Å². The van der Waals surface area contributed by atoms with Crippen LogP contribution >= 0.6 is 0 Å². The molecule has 0 aliphatic rings. The van der Waals surface area contributed by atoms with E-state index in [9.17, 15) is 15.0 Å². The van der Waals surface area contributed by atoms with E-state index in [-0.39, 0.29) is 5.75 Å². The number of carboxylic acids is 1. The number of carbonyl (C=O) groups is 1. The number of hydrogen-bond donors (Lipinski definition) is 2. The molecule has 1 aromatic heterocycles. The van der Waals surface area contributed by atoms with E-state index in [1.54, 1.807) is 53.4 Å². The summed E-state index contributed by atoms with van der Waals surface area (Å²) >= 11 is 0. The summed E-state index contributed by atoms with van der Waals surface area (Å²) in [5.74, 6) is -0.697. The first-order valence-corrected chi connectivity index (χ1v) is 5.63. The molecule has 0 unspecified atom stereocenters. The third kappa shape index (κ3) is 2.85. The van der Waals surface area contributed by atoms with Gasteiger partial charge in [0.25, 0.3) is 6.04 Å². The fraction of sp³-hybridized carbons (Fsp3) is 0.143. The summed E-state index contributed by atoms with van der Waals surface area (Å²) in [5, 5.41) is 18.5. The smallest absolute Gasteiger partial charge is 0.373 e. The van der Waals surface area contributed by atoms with Gasteiger partial charge in [-0.3, -0.25) is 0 Å². The van der Waals surface area contributed by atoms with Crippen molar-refractivity contribution in [2.45, 2.75) is 12.5 Å². The fourth-order valence-corrected chi connectivity index (χ4v) is 1.80. The van der Waals surface area contributed by atoms with Crippen molar-refractivity contribution in [3.63, 3.8) is 0 Å². The average Bonchev–Trinajstić information content (AvgIpc) is 2.38. The molecule has 2 rings (SSSR count). The second-order valence-corrected chi connectivity index (χ2v) is 4.05. The van der Waals surface area contributed by atoms with E-state index < -0.39 is 12.0 Å². The van der Waals surface area contributed by atoms with E-state index in [4.69, 9.17) is 0 Å². The van der Waals surface area contributed by atoms with Gasteiger partial charge in [0.2, 0.25) is 0 Å². The van der Waals surface area contributed by atoms with Gasteiger partial charge in [0.1, 0.15) is 5.75 Å². The molecule has 1 heterocycles. The molecule has 0 aliphatic carbocycles. The molecule has 1 atom stereocenters. The quantitative estimate of drug-likeness (QED) is 0.802. The van der Waals surface area contributed by atoms with Crippen molar-refractivity contribution in [2.24, 2.45) is 0 Å². The van der Waals surface area contributed by atoms with E-state index in [2.05, 4.69) is 0 Å². The van der Waals surface area contributed by atoms with E-state index in [1.165, 1.54) is 0 Å². The topological polar surface area (TPSA) is 61.4 Å². The molecule has 92 valence electrons. The Morgan fingerprint density at radius 1 is 1.11 bits per heavy atom. The molecule has 4 heteroatoms. The van der Waals surface area contributed by atoms with Crippen LogP contribution in [0.25, 0.3) is 0 Å². The zero-order valence-corrected chi connectivity index (χ0v) is 9.73. The Kier molecular flexibility index (Phi) is 3.57. The predicted octanol–water partition coefficient (Wildman–Crippen LogP) is 1.55. The molecule has 0 radical (unpaired) electrons. The van der Waals surface area contributed by atoms with Crippen molar-refractivity contribution in [1.82, 2.24) is 0 Å². The largest absolute Gasteiger partial charge is 0.508 e. The van der Waals surface area contributed by atoms with Gasteiger partial charge in [0.05, 0.1) is 0 Å². The Hall–Kier alpha value is -2.36. The lowest BCUT2D eigenvalue weighted by molar-refractivity contribution is -0.710. The predicted molar refractivity (Wildman–Crippen MR) is 65.1 cm³/mol. The molecule has 0 spiro atoms. The molecule has 0 fully saturated rings. The number of pyridine rings is 1. The van der Waals surface area contributed by atoms with Gasteiger partial charge in [-0.05, 0) is 17.7 Å². The summed E-state index contributed by atoms with van der Waals surface area (Å²) in [5.41, 5.74) is 0.872. The Morgan fingerprint density at radius 2 is 1.72 bits per heavy atom. The van der Waals surface area contributed by atoms with Gasteiger partial charge in [-0.2, -0.15) is 4.57 Å². The molecule has 0 bridgehead atoms. The Morgan fingerprint density at radius 3 is 2.28 bits per heavy atom. The average molecular weight is 244 g/mol. The van der Waals surface area contributed by atoms with E-state index >= 15 is 0 Å². The maximum Gasteiger partial charge on any atom is 0.373 e. The highest BCUT2D eigenvalue weighted by atomic mass is 16.4. The van der Waals surface area contributed by atoms with Gasteiger partial charge < -0.3 is 10.2 Å². The summed E-state index contributed by atoms with van der Waals surface area (Å²) in [6.45, 7) is 0. The second-order valence-electron chi connectivity index (χ2n) is 4.05. The van der Waals surface area contributed by atoms with E-state index in [1.807, 2.05) is 6.07 Å². The molecule has 4 nitrogen and oxygen atoms in total. The molecule has 0 amide bonds. The van der Waals surface area contributed by atoms with Crippen LogP contribution in [-0.4, -0.2) is 16.2 Å². The lowest BCUT2D eigenvalue weighted by atomic mass is 10.1. The van der Waals surface area contributed by atoms with Gasteiger partial charge in [-0.25, -0.2) is 4.79 Å². The number of nitrogens with zero attached hydrogens (tertiary/aromatic N) is 1. The van der Waals surface area contributed by atoms with Crippen LogP contribution in [0.3, 0.4) is 0 Å².